The molecule has 0 saturated carbocycles. The summed E-state index contributed by atoms with van der Waals surface area (Å²) in [5, 5.41) is 0. The lowest BCUT2D eigenvalue weighted by atomic mass is 10.2. The Morgan fingerprint density at radius 2 is 1.83 bits per heavy atom. The van der Waals surface area contributed by atoms with E-state index in [4.69, 9.17) is 10.5 Å². The van der Waals surface area contributed by atoms with Crippen LogP contribution in [0.2, 0.25) is 0 Å². The quantitative estimate of drug-likeness (QED) is 0.547. The Morgan fingerprint density at radius 1 is 1.14 bits per heavy atom. The van der Waals surface area contributed by atoms with E-state index in [0.717, 1.165) is 12.1 Å². The summed E-state index contributed by atoms with van der Waals surface area (Å²) < 4.78 is 34.5. The van der Waals surface area contributed by atoms with Crippen LogP contribution in [-0.2, 0) is 0 Å². The number of rotatable bonds is 4. The number of carbonyl (C=O) groups excluding carboxylic acids is 1. The summed E-state index contributed by atoms with van der Waals surface area (Å²) in [4.78, 5) is 35.2. The largest absolute Gasteiger partial charge is 0.497 e. The van der Waals surface area contributed by atoms with Gasteiger partial charge in [-0.15, -0.1) is 0 Å². The highest BCUT2D eigenvalue weighted by molar-refractivity contribution is 6.02. The van der Waals surface area contributed by atoms with E-state index in [1.165, 1.54) is 13.2 Å². The Morgan fingerprint density at radius 3 is 2.48 bits per heavy atom. The third-order valence-electron chi connectivity index (χ3n) is 4.26. The number of hydrogen-bond acceptors (Lipinski definition) is 5. The lowest BCUT2D eigenvalue weighted by molar-refractivity contribution is 0.0997. The van der Waals surface area contributed by atoms with E-state index in [1.54, 1.807) is 24.3 Å². The van der Waals surface area contributed by atoms with Crippen LogP contribution in [0.3, 0.4) is 0 Å². The second-order valence-electron chi connectivity index (χ2n) is 6.03. The number of benzene rings is 2. The molecule has 0 fully saturated rings. The highest BCUT2D eigenvalue weighted by atomic mass is 19.1. The number of ether oxygens (including phenoxy) is 1. The molecule has 0 saturated heterocycles. The number of imidazole rings is 1. The van der Waals surface area contributed by atoms with Gasteiger partial charge in [-0.3, -0.25) is 4.79 Å². The smallest absolute Gasteiger partial charge is 0.332 e. The fourth-order valence-corrected chi connectivity index (χ4v) is 2.96. The summed E-state index contributed by atoms with van der Waals surface area (Å²) in [6.07, 6.45) is 0. The number of fused-ring (bicyclic) bond motifs is 1. The highest BCUT2D eigenvalue weighted by Gasteiger charge is 2.23. The van der Waals surface area contributed by atoms with Gasteiger partial charge in [0.1, 0.15) is 28.6 Å². The van der Waals surface area contributed by atoms with Crippen molar-refractivity contribution in [1.82, 2.24) is 19.5 Å². The minimum absolute atomic E-state index is 0.0229. The SMILES string of the molecule is COc1cccc(-c2nc(C(N)=O)c3[nH]c(=O)n(-c4c(F)cccc4F)c3n2)c1. The molecule has 0 unspecified atom stereocenters. The molecule has 146 valence electrons. The molecule has 4 aromatic rings. The Hall–Kier alpha value is -4.08. The molecule has 0 bridgehead atoms. The van der Waals surface area contributed by atoms with E-state index in [9.17, 15) is 18.4 Å². The van der Waals surface area contributed by atoms with Crippen LogP contribution >= 0.6 is 0 Å². The number of nitrogens with one attached hydrogen (secondary N) is 1. The van der Waals surface area contributed by atoms with Crippen LogP contribution in [-0.4, -0.2) is 32.5 Å². The first-order chi connectivity index (χ1) is 13.9. The Labute approximate surface area is 161 Å². The number of aromatic nitrogens is 4. The minimum Gasteiger partial charge on any atom is -0.497 e. The molecule has 0 spiro atoms. The van der Waals surface area contributed by atoms with Gasteiger partial charge in [0, 0.05) is 5.56 Å². The van der Waals surface area contributed by atoms with Crippen molar-refractivity contribution in [2.45, 2.75) is 0 Å². The summed E-state index contributed by atoms with van der Waals surface area (Å²) in [6, 6.07) is 9.79. The molecule has 0 atom stereocenters. The molecule has 4 rings (SSSR count). The molecule has 0 aliphatic rings. The van der Waals surface area contributed by atoms with Crippen molar-refractivity contribution in [3.8, 4) is 22.8 Å². The summed E-state index contributed by atoms with van der Waals surface area (Å²) in [5.41, 5.74) is 3.71. The van der Waals surface area contributed by atoms with Gasteiger partial charge in [-0.1, -0.05) is 18.2 Å². The Kier molecular flexibility index (Phi) is 4.30. The third-order valence-corrected chi connectivity index (χ3v) is 4.26. The molecule has 2 aromatic heterocycles. The first-order valence-electron chi connectivity index (χ1n) is 8.32. The summed E-state index contributed by atoms with van der Waals surface area (Å²) in [6.45, 7) is 0. The van der Waals surface area contributed by atoms with E-state index < -0.39 is 28.9 Å². The molecular formula is C19H13F2N5O3. The predicted molar refractivity (Wildman–Crippen MR) is 99.9 cm³/mol. The van der Waals surface area contributed by atoms with Gasteiger partial charge in [0.05, 0.1) is 7.11 Å². The van der Waals surface area contributed by atoms with E-state index in [2.05, 4.69) is 15.0 Å². The van der Waals surface area contributed by atoms with Gasteiger partial charge in [-0.2, -0.15) is 0 Å². The average molecular weight is 397 g/mol. The zero-order valence-corrected chi connectivity index (χ0v) is 14.9. The number of H-pyrrole nitrogens is 1. The molecule has 10 heteroatoms. The molecule has 8 nitrogen and oxygen atoms in total. The zero-order chi connectivity index (χ0) is 20.7. The second kappa shape index (κ2) is 6.82. The minimum atomic E-state index is -0.977. The van der Waals surface area contributed by atoms with E-state index in [0.29, 0.717) is 15.9 Å². The normalized spacial score (nSPS) is 11.0. The average Bonchev–Trinajstić information content (AvgIpc) is 3.03. The van der Waals surface area contributed by atoms with E-state index in [-0.39, 0.29) is 22.7 Å². The van der Waals surface area contributed by atoms with Crippen LogP contribution in [0.25, 0.3) is 28.2 Å². The molecule has 29 heavy (non-hydrogen) atoms. The highest BCUT2D eigenvalue weighted by Crippen LogP contribution is 2.26. The summed E-state index contributed by atoms with van der Waals surface area (Å²) in [5.74, 6) is -2.37. The second-order valence-corrected chi connectivity index (χ2v) is 6.03. The molecule has 1 amide bonds. The third kappa shape index (κ3) is 3.00. The first kappa shape index (κ1) is 18.3. The number of para-hydroxylation sites is 1. The van der Waals surface area contributed by atoms with Gasteiger partial charge in [0.2, 0.25) is 0 Å². The standard InChI is InChI=1S/C19H13F2N5O3/c1-29-10-5-2-4-9(8-10)17-23-13(16(22)27)14-18(25-17)26(19(28)24-14)15-11(20)6-3-7-12(15)21/h2-8H,1H3,(H2,22,27)(H,24,28). The number of amides is 1. The molecule has 2 aromatic carbocycles. The van der Waals surface area contributed by atoms with Crippen LogP contribution in [0.15, 0.2) is 47.3 Å². The van der Waals surface area contributed by atoms with Crippen molar-refractivity contribution in [2.75, 3.05) is 7.11 Å². The Bertz CT molecular complexity index is 1310. The van der Waals surface area contributed by atoms with Crippen LogP contribution in [0.1, 0.15) is 10.5 Å². The molecule has 0 aliphatic heterocycles. The lowest BCUT2D eigenvalue weighted by Crippen LogP contribution is -2.17. The van der Waals surface area contributed by atoms with Crippen LogP contribution in [0.5, 0.6) is 5.75 Å². The van der Waals surface area contributed by atoms with Crippen molar-refractivity contribution < 1.29 is 18.3 Å². The van der Waals surface area contributed by atoms with Gasteiger partial charge in [0.15, 0.2) is 17.2 Å². The number of primary amides is 1. The van der Waals surface area contributed by atoms with Crippen molar-refractivity contribution in [3.05, 3.63) is 70.3 Å². The molecule has 0 radical (unpaired) electrons. The topological polar surface area (TPSA) is 116 Å². The van der Waals surface area contributed by atoms with Crippen LogP contribution < -0.4 is 16.2 Å². The first-order valence-corrected chi connectivity index (χ1v) is 8.32. The predicted octanol–water partition coefficient (Wildman–Crippen LogP) is 2.16. The lowest BCUT2D eigenvalue weighted by Gasteiger charge is -2.08. The van der Waals surface area contributed by atoms with Gasteiger partial charge in [-0.25, -0.2) is 28.1 Å². The van der Waals surface area contributed by atoms with E-state index in [1.807, 2.05) is 0 Å². The molecule has 2 heterocycles. The maximum Gasteiger partial charge on any atom is 0.332 e. The van der Waals surface area contributed by atoms with E-state index >= 15 is 0 Å². The van der Waals surface area contributed by atoms with Crippen molar-refractivity contribution in [3.63, 3.8) is 0 Å². The number of methoxy groups -OCH3 is 1. The number of nitrogens with zero attached hydrogens (tertiary/aromatic N) is 3. The van der Waals surface area contributed by atoms with Gasteiger partial charge >= 0.3 is 5.69 Å². The number of halogens is 2. The maximum absolute atomic E-state index is 14.3. The van der Waals surface area contributed by atoms with Crippen LogP contribution in [0, 0.1) is 11.6 Å². The number of nitrogens with two attached hydrogens (primary N) is 1. The monoisotopic (exact) mass is 397 g/mol. The Balaban J connectivity index is 2.09. The molecule has 0 aliphatic carbocycles. The molecular weight excluding hydrogens is 384 g/mol. The maximum atomic E-state index is 14.3. The number of hydrogen-bond donors (Lipinski definition) is 2. The fraction of sp³-hybridized carbons (Fsp3) is 0.0526. The number of aromatic amines is 1. The van der Waals surface area contributed by atoms with Crippen molar-refractivity contribution >= 4 is 17.1 Å². The van der Waals surface area contributed by atoms with Gasteiger partial charge in [0.25, 0.3) is 5.91 Å². The van der Waals surface area contributed by atoms with Crippen molar-refractivity contribution in [1.29, 1.82) is 0 Å². The van der Waals surface area contributed by atoms with Gasteiger partial charge in [-0.05, 0) is 24.3 Å². The fourth-order valence-electron chi connectivity index (χ4n) is 2.96. The summed E-state index contributed by atoms with van der Waals surface area (Å²) in [7, 11) is 1.47. The summed E-state index contributed by atoms with van der Waals surface area (Å²) >= 11 is 0. The molecule has 3 N–H and O–H groups in total. The van der Waals surface area contributed by atoms with Gasteiger partial charge < -0.3 is 15.5 Å². The zero-order valence-electron chi connectivity index (χ0n) is 14.9. The number of carbonyl (C=O) groups is 1. The van der Waals surface area contributed by atoms with Crippen molar-refractivity contribution in [2.24, 2.45) is 5.73 Å². The van der Waals surface area contributed by atoms with Crippen LogP contribution in [0.4, 0.5) is 8.78 Å².